The van der Waals surface area contributed by atoms with Crippen molar-refractivity contribution in [2.24, 2.45) is 0 Å². The Balaban J connectivity index is 2.54. The molecule has 8 nitrogen and oxygen atoms in total. The van der Waals surface area contributed by atoms with E-state index in [1.54, 1.807) is 13.8 Å². The van der Waals surface area contributed by atoms with Crippen molar-refractivity contribution in [1.29, 1.82) is 0 Å². The minimum atomic E-state index is -0.561. The summed E-state index contributed by atoms with van der Waals surface area (Å²) in [5, 5.41) is 6.80. The second kappa shape index (κ2) is 6.99. The van der Waals surface area contributed by atoms with Crippen molar-refractivity contribution in [3.05, 3.63) is 29.2 Å². The molecular formula is C15H19N5O3. The fourth-order valence-electron chi connectivity index (χ4n) is 2.00. The summed E-state index contributed by atoms with van der Waals surface area (Å²) < 4.78 is 6.33. The predicted molar refractivity (Wildman–Crippen MR) is 83.5 cm³/mol. The molecular weight excluding hydrogens is 298 g/mol. The van der Waals surface area contributed by atoms with Gasteiger partial charge in [-0.05, 0) is 26.8 Å². The minimum absolute atomic E-state index is 0.163. The number of ether oxygens (including phenoxy) is 1. The summed E-state index contributed by atoms with van der Waals surface area (Å²) in [6, 6.07) is 1.82. The molecule has 0 atom stereocenters. The maximum absolute atomic E-state index is 12.0. The Morgan fingerprint density at radius 1 is 1.22 bits per heavy atom. The van der Waals surface area contributed by atoms with E-state index in [1.807, 2.05) is 19.9 Å². The topological polar surface area (TPSA) is 99.0 Å². The lowest BCUT2D eigenvalue weighted by Crippen LogP contribution is -2.18. The van der Waals surface area contributed by atoms with Crippen LogP contribution in [0.5, 0.6) is 0 Å². The first-order valence-corrected chi connectivity index (χ1v) is 7.33. The van der Waals surface area contributed by atoms with Crippen molar-refractivity contribution in [3.63, 3.8) is 0 Å². The van der Waals surface area contributed by atoms with Gasteiger partial charge in [-0.25, -0.2) is 14.8 Å². The number of carbonyl (C=O) groups is 2. The maximum Gasteiger partial charge on any atom is 0.343 e. The normalized spacial score (nSPS) is 10.4. The van der Waals surface area contributed by atoms with Gasteiger partial charge >= 0.3 is 5.97 Å². The number of aromatic nitrogens is 4. The Bertz CT molecular complexity index is 718. The van der Waals surface area contributed by atoms with Gasteiger partial charge in [-0.15, -0.1) is 0 Å². The fourth-order valence-corrected chi connectivity index (χ4v) is 2.00. The second-order valence-corrected chi connectivity index (χ2v) is 4.89. The van der Waals surface area contributed by atoms with Crippen LogP contribution in [-0.2, 0) is 9.53 Å². The van der Waals surface area contributed by atoms with Crippen LogP contribution >= 0.6 is 0 Å². The lowest BCUT2D eigenvalue weighted by Gasteiger charge is -2.10. The van der Waals surface area contributed by atoms with Gasteiger partial charge in [0.1, 0.15) is 5.56 Å². The van der Waals surface area contributed by atoms with E-state index in [4.69, 9.17) is 4.74 Å². The van der Waals surface area contributed by atoms with Crippen LogP contribution in [0.4, 0.5) is 5.82 Å². The van der Waals surface area contributed by atoms with Gasteiger partial charge in [-0.2, -0.15) is 9.78 Å². The largest absolute Gasteiger partial charge is 0.462 e. The molecule has 0 aromatic carbocycles. The molecule has 8 heteroatoms. The highest BCUT2D eigenvalue weighted by Gasteiger charge is 2.22. The van der Waals surface area contributed by atoms with E-state index in [9.17, 15) is 9.59 Å². The molecule has 2 aromatic heterocycles. The molecule has 2 heterocycles. The molecule has 0 spiro atoms. The van der Waals surface area contributed by atoms with Gasteiger partial charge in [0.25, 0.3) is 5.95 Å². The zero-order valence-electron chi connectivity index (χ0n) is 13.6. The minimum Gasteiger partial charge on any atom is -0.462 e. The smallest absolute Gasteiger partial charge is 0.343 e. The molecule has 2 aromatic rings. The van der Waals surface area contributed by atoms with Gasteiger partial charge in [0.05, 0.1) is 12.8 Å². The molecule has 0 saturated heterocycles. The van der Waals surface area contributed by atoms with Gasteiger partial charge < -0.3 is 10.1 Å². The number of hydrogen-bond acceptors (Lipinski definition) is 6. The van der Waals surface area contributed by atoms with Crippen molar-refractivity contribution in [3.8, 4) is 5.95 Å². The molecule has 23 heavy (non-hydrogen) atoms. The van der Waals surface area contributed by atoms with Crippen molar-refractivity contribution >= 4 is 17.7 Å². The summed E-state index contributed by atoms with van der Waals surface area (Å²) in [6.45, 7) is 7.31. The van der Waals surface area contributed by atoms with Crippen LogP contribution in [0, 0.1) is 13.8 Å². The summed E-state index contributed by atoms with van der Waals surface area (Å²) >= 11 is 0. The van der Waals surface area contributed by atoms with Crippen molar-refractivity contribution in [2.75, 3.05) is 11.9 Å². The highest BCUT2D eigenvalue weighted by Crippen LogP contribution is 2.20. The Labute approximate surface area is 133 Å². The monoisotopic (exact) mass is 317 g/mol. The molecule has 0 bridgehead atoms. The molecule has 0 radical (unpaired) electrons. The van der Waals surface area contributed by atoms with Crippen LogP contribution in [0.15, 0.2) is 12.3 Å². The lowest BCUT2D eigenvalue weighted by atomic mass is 10.3. The SMILES string of the molecule is CCOC(=O)c1cnn(-c2nc(C)cc(C)n2)c1NC(=O)CC. The summed E-state index contributed by atoms with van der Waals surface area (Å²) in [5.74, 6) is -0.319. The Morgan fingerprint density at radius 3 is 2.43 bits per heavy atom. The standard InChI is InChI=1S/C15H19N5O3/c1-5-12(21)19-13-11(14(22)23-6-2)8-16-20(13)15-17-9(3)7-10(4)18-15/h7-8H,5-6H2,1-4H3,(H,19,21). The highest BCUT2D eigenvalue weighted by atomic mass is 16.5. The van der Waals surface area contributed by atoms with Crippen LogP contribution in [-0.4, -0.2) is 38.2 Å². The number of anilines is 1. The van der Waals surface area contributed by atoms with Gasteiger partial charge in [0.2, 0.25) is 5.91 Å². The zero-order chi connectivity index (χ0) is 17.0. The maximum atomic E-state index is 12.0. The van der Waals surface area contributed by atoms with Gasteiger partial charge in [-0.1, -0.05) is 6.92 Å². The lowest BCUT2D eigenvalue weighted by molar-refractivity contribution is -0.115. The zero-order valence-corrected chi connectivity index (χ0v) is 13.6. The molecule has 1 amide bonds. The molecule has 0 saturated carbocycles. The third-order valence-electron chi connectivity index (χ3n) is 3.00. The van der Waals surface area contributed by atoms with Gasteiger partial charge in [0, 0.05) is 17.8 Å². The number of carbonyl (C=O) groups excluding carboxylic acids is 2. The molecule has 122 valence electrons. The quantitative estimate of drug-likeness (QED) is 0.844. The molecule has 0 unspecified atom stereocenters. The average molecular weight is 317 g/mol. The van der Waals surface area contributed by atoms with E-state index >= 15 is 0 Å². The Hall–Kier alpha value is -2.77. The second-order valence-electron chi connectivity index (χ2n) is 4.89. The van der Waals surface area contributed by atoms with E-state index in [0.717, 1.165) is 11.4 Å². The van der Waals surface area contributed by atoms with E-state index in [0.29, 0.717) is 0 Å². The number of esters is 1. The highest BCUT2D eigenvalue weighted by molar-refractivity contribution is 6.00. The molecule has 0 fully saturated rings. The number of nitrogens with one attached hydrogen (secondary N) is 1. The number of amides is 1. The fraction of sp³-hybridized carbons (Fsp3) is 0.400. The van der Waals surface area contributed by atoms with Crippen molar-refractivity contribution < 1.29 is 14.3 Å². The third kappa shape index (κ3) is 3.71. The summed E-state index contributed by atoms with van der Waals surface area (Å²) in [7, 11) is 0. The van der Waals surface area contributed by atoms with Crippen LogP contribution in [0.3, 0.4) is 0 Å². The molecule has 1 N–H and O–H groups in total. The number of aryl methyl sites for hydroxylation is 2. The van der Waals surface area contributed by atoms with Crippen LogP contribution in [0.25, 0.3) is 5.95 Å². The summed E-state index contributed by atoms with van der Waals surface area (Å²) in [6.07, 6.45) is 1.60. The molecule has 2 rings (SSSR count). The van der Waals surface area contributed by atoms with Gasteiger partial charge in [-0.3, -0.25) is 4.79 Å². The van der Waals surface area contributed by atoms with E-state index < -0.39 is 5.97 Å². The predicted octanol–water partition coefficient (Wildman–Crippen LogP) is 1.80. The first-order chi connectivity index (χ1) is 11.0. The number of nitrogens with zero attached hydrogens (tertiary/aromatic N) is 4. The molecule has 0 aliphatic rings. The van der Waals surface area contributed by atoms with Crippen LogP contribution in [0.2, 0.25) is 0 Å². The first-order valence-electron chi connectivity index (χ1n) is 7.33. The van der Waals surface area contributed by atoms with E-state index in [-0.39, 0.29) is 36.3 Å². The van der Waals surface area contributed by atoms with Gasteiger partial charge in [0.15, 0.2) is 5.82 Å². The first kappa shape index (κ1) is 16.6. The van der Waals surface area contributed by atoms with Crippen molar-refractivity contribution in [1.82, 2.24) is 19.7 Å². The summed E-state index contributed by atoms with van der Waals surface area (Å²) in [5.41, 5.74) is 1.68. The van der Waals surface area contributed by atoms with E-state index in [2.05, 4.69) is 20.4 Å². The summed E-state index contributed by atoms with van der Waals surface area (Å²) in [4.78, 5) is 32.4. The Morgan fingerprint density at radius 2 is 1.87 bits per heavy atom. The third-order valence-corrected chi connectivity index (χ3v) is 3.00. The number of hydrogen-bond donors (Lipinski definition) is 1. The molecule has 0 aliphatic heterocycles. The molecule has 0 aliphatic carbocycles. The van der Waals surface area contributed by atoms with E-state index in [1.165, 1.54) is 10.9 Å². The van der Waals surface area contributed by atoms with Crippen LogP contribution in [0.1, 0.15) is 42.0 Å². The Kier molecular flexibility index (Phi) is 5.05. The van der Waals surface area contributed by atoms with Crippen molar-refractivity contribution in [2.45, 2.75) is 34.1 Å². The average Bonchev–Trinajstić information content (AvgIpc) is 2.90. The number of rotatable bonds is 5. The van der Waals surface area contributed by atoms with Crippen LogP contribution < -0.4 is 5.32 Å².